The zero-order chi connectivity index (χ0) is 12.8. The second-order valence-electron chi connectivity index (χ2n) is 5.32. The summed E-state index contributed by atoms with van der Waals surface area (Å²) < 4.78 is 5.65. The highest BCUT2D eigenvalue weighted by Crippen LogP contribution is 2.30. The summed E-state index contributed by atoms with van der Waals surface area (Å²) in [5.41, 5.74) is 1.32. The zero-order valence-electron chi connectivity index (χ0n) is 11.7. The highest BCUT2D eigenvalue weighted by molar-refractivity contribution is 5.16. The van der Waals surface area contributed by atoms with Gasteiger partial charge in [-0.1, -0.05) is 13.8 Å². The lowest BCUT2D eigenvalue weighted by Crippen LogP contribution is -2.26. The Morgan fingerprint density at radius 1 is 1.39 bits per heavy atom. The summed E-state index contributed by atoms with van der Waals surface area (Å²) in [4.78, 5) is 2.50. The Labute approximate surface area is 111 Å². The third kappa shape index (κ3) is 4.14. The van der Waals surface area contributed by atoms with Gasteiger partial charge in [-0.3, -0.25) is 4.90 Å². The number of nitrogens with zero attached hydrogens (tertiary/aromatic N) is 1. The van der Waals surface area contributed by atoms with Gasteiger partial charge in [-0.25, -0.2) is 0 Å². The molecular weight excluding hydrogens is 224 g/mol. The number of hydrogen-bond acceptors (Lipinski definition) is 3. The standard InChI is InChI=1S/C15H26N2O/c1-3-8-16-10-14-7-9-18-15(14)12-17(4-2)11-13-5-6-13/h7,9,13,16H,3-6,8,10-12H2,1-2H3. The van der Waals surface area contributed by atoms with Crippen LogP contribution in [0.25, 0.3) is 0 Å². The van der Waals surface area contributed by atoms with Crippen LogP contribution in [0.2, 0.25) is 0 Å². The van der Waals surface area contributed by atoms with E-state index in [0.29, 0.717) is 0 Å². The molecule has 1 heterocycles. The van der Waals surface area contributed by atoms with Gasteiger partial charge in [0, 0.05) is 18.7 Å². The van der Waals surface area contributed by atoms with Gasteiger partial charge in [-0.05, 0) is 44.3 Å². The molecule has 1 N–H and O–H groups in total. The lowest BCUT2D eigenvalue weighted by Gasteiger charge is -2.19. The molecule has 102 valence electrons. The van der Waals surface area contributed by atoms with E-state index in [9.17, 15) is 0 Å². The SMILES string of the molecule is CCCNCc1ccoc1CN(CC)CC1CC1. The smallest absolute Gasteiger partial charge is 0.122 e. The molecule has 0 unspecified atom stereocenters. The normalized spacial score (nSPS) is 15.5. The van der Waals surface area contributed by atoms with Crippen molar-refractivity contribution < 1.29 is 4.42 Å². The molecule has 0 radical (unpaired) electrons. The molecule has 1 aliphatic rings. The number of hydrogen-bond donors (Lipinski definition) is 1. The lowest BCUT2D eigenvalue weighted by atomic mass is 10.2. The molecule has 0 spiro atoms. The minimum Gasteiger partial charge on any atom is -0.468 e. The van der Waals surface area contributed by atoms with Crippen LogP contribution in [0.15, 0.2) is 16.7 Å². The van der Waals surface area contributed by atoms with E-state index in [-0.39, 0.29) is 0 Å². The third-order valence-corrected chi connectivity index (χ3v) is 3.61. The highest BCUT2D eigenvalue weighted by Gasteiger charge is 2.24. The van der Waals surface area contributed by atoms with Crippen LogP contribution in [0.4, 0.5) is 0 Å². The van der Waals surface area contributed by atoms with Crippen molar-refractivity contribution in [1.29, 1.82) is 0 Å². The zero-order valence-corrected chi connectivity index (χ0v) is 11.7. The first-order chi connectivity index (χ1) is 8.83. The molecular formula is C15H26N2O. The van der Waals surface area contributed by atoms with Crippen molar-refractivity contribution in [3.05, 3.63) is 23.7 Å². The van der Waals surface area contributed by atoms with Crippen LogP contribution >= 0.6 is 0 Å². The summed E-state index contributed by atoms with van der Waals surface area (Å²) in [5.74, 6) is 2.09. The van der Waals surface area contributed by atoms with Gasteiger partial charge in [0.25, 0.3) is 0 Å². The predicted molar refractivity (Wildman–Crippen MR) is 74.4 cm³/mol. The Morgan fingerprint density at radius 2 is 2.22 bits per heavy atom. The van der Waals surface area contributed by atoms with Crippen LogP contribution in [0.3, 0.4) is 0 Å². The molecule has 1 aromatic heterocycles. The molecule has 18 heavy (non-hydrogen) atoms. The Morgan fingerprint density at radius 3 is 2.89 bits per heavy atom. The van der Waals surface area contributed by atoms with E-state index in [2.05, 4.69) is 30.1 Å². The van der Waals surface area contributed by atoms with E-state index in [1.165, 1.54) is 31.4 Å². The monoisotopic (exact) mass is 250 g/mol. The van der Waals surface area contributed by atoms with E-state index in [1.807, 2.05) is 6.26 Å². The van der Waals surface area contributed by atoms with Crippen LogP contribution in [0, 0.1) is 5.92 Å². The molecule has 1 aromatic rings. The van der Waals surface area contributed by atoms with Gasteiger partial charge >= 0.3 is 0 Å². The molecule has 3 heteroatoms. The first-order valence-corrected chi connectivity index (χ1v) is 7.31. The summed E-state index contributed by atoms with van der Waals surface area (Å²) in [5, 5.41) is 3.44. The third-order valence-electron chi connectivity index (χ3n) is 3.61. The average molecular weight is 250 g/mol. The second kappa shape index (κ2) is 6.95. The van der Waals surface area contributed by atoms with Crippen molar-refractivity contribution in [1.82, 2.24) is 10.2 Å². The molecule has 0 atom stereocenters. The Kier molecular flexibility index (Phi) is 5.26. The summed E-state index contributed by atoms with van der Waals surface area (Å²) in [6.07, 6.45) is 5.83. The van der Waals surface area contributed by atoms with E-state index in [4.69, 9.17) is 4.42 Å². The van der Waals surface area contributed by atoms with Gasteiger partial charge < -0.3 is 9.73 Å². The van der Waals surface area contributed by atoms with Crippen LogP contribution in [-0.2, 0) is 13.1 Å². The van der Waals surface area contributed by atoms with Gasteiger partial charge in [-0.15, -0.1) is 0 Å². The fourth-order valence-corrected chi connectivity index (χ4v) is 2.24. The van der Waals surface area contributed by atoms with Crippen LogP contribution in [0.5, 0.6) is 0 Å². The van der Waals surface area contributed by atoms with E-state index in [1.54, 1.807) is 0 Å². The first kappa shape index (κ1) is 13.6. The Balaban J connectivity index is 1.84. The van der Waals surface area contributed by atoms with Crippen molar-refractivity contribution in [2.24, 2.45) is 5.92 Å². The van der Waals surface area contributed by atoms with Crippen LogP contribution in [0.1, 0.15) is 44.4 Å². The van der Waals surface area contributed by atoms with Crippen molar-refractivity contribution in [3.63, 3.8) is 0 Å². The fraction of sp³-hybridized carbons (Fsp3) is 0.733. The molecule has 2 rings (SSSR count). The molecule has 0 aliphatic heterocycles. The number of furan rings is 1. The topological polar surface area (TPSA) is 28.4 Å². The largest absolute Gasteiger partial charge is 0.468 e. The minimum atomic E-state index is 0.931. The Bertz CT molecular complexity index is 344. The molecule has 0 amide bonds. The molecule has 1 fully saturated rings. The maximum atomic E-state index is 5.65. The second-order valence-corrected chi connectivity index (χ2v) is 5.32. The van der Waals surface area contributed by atoms with Crippen LogP contribution in [-0.4, -0.2) is 24.5 Å². The summed E-state index contributed by atoms with van der Waals surface area (Å²) >= 11 is 0. The number of rotatable bonds is 9. The molecule has 1 saturated carbocycles. The summed E-state index contributed by atoms with van der Waals surface area (Å²) in [6, 6.07) is 2.10. The molecule has 0 saturated heterocycles. The highest BCUT2D eigenvalue weighted by atomic mass is 16.3. The van der Waals surface area contributed by atoms with Gasteiger partial charge in [0.05, 0.1) is 12.8 Å². The maximum Gasteiger partial charge on any atom is 0.122 e. The first-order valence-electron chi connectivity index (χ1n) is 7.31. The minimum absolute atomic E-state index is 0.931. The van der Waals surface area contributed by atoms with Gasteiger partial charge in [0.15, 0.2) is 0 Å². The van der Waals surface area contributed by atoms with Gasteiger partial charge in [0.2, 0.25) is 0 Å². The Hall–Kier alpha value is -0.800. The number of nitrogens with one attached hydrogen (secondary N) is 1. The van der Waals surface area contributed by atoms with E-state index >= 15 is 0 Å². The molecule has 0 bridgehead atoms. The van der Waals surface area contributed by atoms with Crippen LogP contribution < -0.4 is 5.32 Å². The summed E-state index contributed by atoms with van der Waals surface area (Å²) in [6.45, 7) is 9.74. The predicted octanol–water partition coefficient (Wildman–Crippen LogP) is 3.01. The average Bonchev–Trinajstić information content (AvgIpc) is 3.09. The lowest BCUT2D eigenvalue weighted by molar-refractivity contribution is 0.244. The molecule has 3 nitrogen and oxygen atoms in total. The van der Waals surface area contributed by atoms with Crippen molar-refractivity contribution >= 4 is 0 Å². The van der Waals surface area contributed by atoms with Gasteiger partial charge in [-0.2, -0.15) is 0 Å². The maximum absolute atomic E-state index is 5.65. The van der Waals surface area contributed by atoms with Crippen molar-refractivity contribution in [2.45, 2.75) is 46.2 Å². The molecule has 0 aromatic carbocycles. The molecule has 1 aliphatic carbocycles. The van der Waals surface area contributed by atoms with Crippen molar-refractivity contribution in [3.8, 4) is 0 Å². The van der Waals surface area contributed by atoms with Gasteiger partial charge in [0.1, 0.15) is 5.76 Å². The fourth-order valence-electron chi connectivity index (χ4n) is 2.24. The van der Waals surface area contributed by atoms with E-state index < -0.39 is 0 Å². The van der Waals surface area contributed by atoms with Crippen molar-refractivity contribution in [2.75, 3.05) is 19.6 Å². The van der Waals surface area contributed by atoms with E-state index in [0.717, 1.165) is 37.9 Å². The summed E-state index contributed by atoms with van der Waals surface area (Å²) in [7, 11) is 0. The quantitative estimate of drug-likeness (QED) is 0.683.